The van der Waals surface area contributed by atoms with Crippen LogP contribution in [0.1, 0.15) is 44.5 Å². The zero-order chi connectivity index (χ0) is 29.9. The first-order valence-electron chi connectivity index (χ1n) is 14.1. The molecule has 3 aliphatic rings. The molecule has 2 unspecified atom stereocenters. The van der Waals surface area contributed by atoms with E-state index in [1.54, 1.807) is 0 Å². The molecule has 0 spiro atoms. The molecule has 4 aromatic rings. The van der Waals surface area contributed by atoms with Crippen LogP contribution in [-0.2, 0) is 27.7 Å². The van der Waals surface area contributed by atoms with E-state index in [1.165, 1.54) is 0 Å². The Balaban J connectivity index is 1.63. The van der Waals surface area contributed by atoms with Crippen LogP contribution in [0.2, 0.25) is 0 Å². The predicted octanol–water partition coefficient (Wildman–Crippen LogP) is 4.40. The fraction of sp³-hybridized carbons (Fsp3) is 0.273. The summed E-state index contributed by atoms with van der Waals surface area (Å²) in [5, 5.41) is 0. The molecular weight excluding hydrogens is 605 g/mol. The van der Waals surface area contributed by atoms with Gasteiger partial charge in [0.05, 0.1) is 30.8 Å². The minimum absolute atomic E-state index is 0.159. The van der Waals surface area contributed by atoms with Gasteiger partial charge < -0.3 is 27.2 Å². The van der Waals surface area contributed by atoms with Crippen LogP contribution in [0.4, 0.5) is 0 Å². The van der Waals surface area contributed by atoms with Crippen molar-refractivity contribution in [3.8, 4) is 34.1 Å². The molecule has 2 heterocycles. The minimum atomic E-state index is -0.894. The Morgan fingerprint density at radius 2 is 1.02 bits per heavy atom. The summed E-state index contributed by atoms with van der Waals surface area (Å²) in [5.41, 5.74) is 9.23. The van der Waals surface area contributed by atoms with Crippen LogP contribution in [0.15, 0.2) is 60.7 Å². The Labute approximate surface area is 265 Å². The molecule has 2 fully saturated rings. The Hall–Kier alpha value is -3.13. The summed E-state index contributed by atoms with van der Waals surface area (Å²) >= 11 is 0. The lowest BCUT2D eigenvalue weighted by Crippen LogP contribution is -2.31. The van der Waals surface area contributed by atoms with Crippen molar-refractivity contribution in [1.82, 2.24) is 0 Å². The van der Waals surface area contributed by atoms with E-state index >= 15 is 0 Å². The number of benzene rings is 4. The zero-order valence-corrected chi connectivity index (χ0v) is 27.7. The second-order valence-corrected chi connectivity index (χ2v) is 12.1. The highest BCUT2D eigenvalue weighted by Crippen LogP contribution is 2.61. The highest BCUT2D eigenvalue weighted by Gasteiger charge is 2.50. The van der Waals surface area contributed by atoms with Crippen molar-refractivity contribution in [1.29, 1.82) is 0 Å². The van der Waals surface area contributed by atoms with E-state index < -0.39 is 5.41 Å². The van der Waals surface area contributed by atoms with Crippen LogP contribution in [0.5, 0.6) is 23.0 Å². The second-order valence-electron chi connectivity index (χ2n) is 11.3. The molecule has 43 heavy (non-hydrogen) atoms. The molecule has 0 amide bonds. The lowest BCUT2D eigenvalue weighted by molar-refractivity contribution is 0.405. The topological polar surface area (TPSA) is 62.0 Å². The zero-order valence-electron chi connectivity index (χ0n) is 23.7. The van der Waals surface area contributed by atoms with E-state index in [-0.39, 0.29) is 12.2 Å². The molecule has 0 aromatic heterocycles. The number of hydrogen-bond donors (Lipinski definition) is 0. The lowest BCUT2D eigenvalue weighted by Gasteiger charge is -2.38. The molecule has 7 rings (SSSR count). The van der Waals surface area contributed by atoms with Crippen molar-refractivity contribution >= 4 is 41.9 Å². The normalized spacial score (nSPS) is 18.9. The largest absolute Gasteiger partial charge is 0.540 e. The van der Waals surface area contributed by atoms with Crippen LogP contribution < -0.4 is 17.7 Å². The smallest absolute Gasteiger partial charge is 0.341 e. The third-order valence-electron chi connectivity index (χ3n) is 9.07. The Morgan fingerprint density at radius 1 is 0.628 bits per heavy atom. The summed E-state index contributed by atoms with van der Waals surface area (Å²) in [6.07, 6.45) is 1.74. The van der Waals surface area contributed by atoms with Crippen molar-refractivity contribution in [3.63, 3.8) is 0 Å². The van der Waals surface area contributed by atoms with Gasteiger partial charge in [-0.3, -0.25) is 0 Å². The van der Waals surface area contributed by atoms with Gasteiger partial charge >= 0.3 is 41.9 Å². The summed E-state index contributed by atoms with van der Waals surface area (Å²) in [5.74, 6) is 2.79. The molecule has 0 N–H and O–H groups in total. The van der Waals surface area contributed by atoms with Gasteiger partial charge in [-0.05, 0) is 59.4 Å². The molecule has 2 aliphatic heterocycles. The minimum Gasteiger partial charge on any atom is -0.540 e. The van der Waals surface area contributed by atoms with Crippen molar-refractivity contribution in [2.45, 2.75) is 44.3 Å². The Kier molecular flexibility index (Phi) is 7.39. The van der Waals surface area contributed by atoms with E-state index in [1.807, 2.05) is 0 Å². The maximum absolute atomic E-state index is 6.14. The summed E-state index contributed by atoms with van der Waals surface area (Å²) < 4.78 is 35.2. The van der Waals surface area contributed by atoms with Crippen molar-refractivity contribution < 1.29 is 27.2 Å². The third kappa shape index (κ3) is 4.46. The van der Waals surface area contributed by atoms with E-state index in [0.29, 0.717) is 35.8 Å². The highest BCUT2D eigenvalue weighted by atomic mass is 28.2. The Morgan fingerprint density at radius 3 is 1.37 bits per heavy atom. The van der Waals surface area contributed by atoms with Crippen LogP contribution in [0, 0.1) is 13.8 Å². The maximum atomic E-state index is 6.14. The SMILES string of the molecule is Cc1c(CC2CO2)c(O[Si])cc(C2(c3cc(O[Si])c(CC4CO4)c(C)c3O[Si])c3ccccc3-c3ccccc32)c1O[Si]. The molecule has 0 saturated carbocycles. The van der Waals surface area contributed by atoms with Crippen LogP contribution in [0.25, 0.3) is 11.1 Å². The van der Waals surface area contributed by atoms with Gasteiger partial charge in [0.15, 0.2) is 0 Å². The fourth-order valence-corrected chi connectivity index (χ4v) is 7.80. The third-order valence-corrected chi connectivity index (χ3v) is 9.92. The van der Waals surface area contributed by atoms with Gasteiger partial charge in [-0.1, -0.05) is 48.5 Å². The average molecular weight is 631 g/mol. The van der Waals surface area contributed by atoms with Crippen molar-refractivity contribution in [2.24, 2.45) is 0 Å². The number of fused-ring (bicyclic) bond motifs is 3. The molecule has 0 bridgehead atoms. The monoisotopic (exact) mass is 630 g/mol. The van der Waals surface area contributed by atoms with Gasteiger partial charge in [0.25, 0.3) is 0 Å². The van der Waals surface area contributed by atoms with E-state index in [9.17, 15) is 0 Å². The van der Waals surface area contributed by atoms with Gasteiger partial charge in [-0.2, -0.15) is 0 Å². The average Bonchev–Trinajstić information content (AvgIpc) is 3.98. The summed E-state index contributed by atoms with van der Waals surface area (Å²) in [7, 11) is 13.7. The molecule has 2 atom stereocenters. The standard InChI is InChI=1S/C33H26O6Si4/c1-17-23(11-19-15-34-19)29(36-40)13-27(31(17)38-42)33(25-9-5-3-7-21(25)22-8-4-6-10-26(22)33)28-14-30(37-41)24(12-20-16-35-20)18(2)32(28)39-43/h3-10,13-14,19-20H,11-12,15-16H2,1-2H3. The lowest BCUT2D eigenvalue weighted by atomic mass is 9.65. The fourth-order valence-electron chi connectivity index (χ4n) is 6.91. The molecule has 10 heteroatoms. The number of hydrogen-bond acceptors (Lipinski definition) is 6. The van der Waals surface area contributed by atoms with Crippen LogP contribution in [-0.4, -0.2) is 67.4 Å². The first-order chi connectivity index (χ1) is 21.0. The first kappa shape index (κ1) is 28.6. The molecule has 210 valence electrons. The number of ether oxygens (including phenoxy) is 2. The molecule has 12 radical (unpaired) electrons. The molecule has 6 nitrogen and oxygen atoms in total. The molecular formula is C33H26O6Si4. The van der Waals surface area contributed by atoms with Gasteiger partial charge in [0, 0.05) is 35.1 Å². The molecule has 1 aliphatic carbocycles. The summed E-state index contributed by atoms with van der Waals surface area (Å²) in [6.45, 7) is 5.58. The number of rotatable bonds is 10. The summed E-state index contributed by atoms with van der Waals surface area (Å²) in [6, 6.07) is 21.1. The summed E-state index contributed by atoms with van der Waals surface area (Å²) in [4.78, 5) is 0. The van der Waals surface area contributed by atoms with E-state index in [4.69, 9.17) is 27.2 Å². The van der Waals surface area contributed by atoms with E-state index in [0.717, 1.165) is 68.8 Å². The highest BCUT2D eigenvalue weighted by molar-refractivity contribution is 6.02. The van der Waals surface area contributed by atoms with Crippen molar-refractivity contribution in [3.05, 3.63) is 105 Å². The first-order valence-corrected chi connectivity index (χ1v) is 15.7. The van der Waals surface area contributed by atoms with Crippen molar-refractivity contribution in [2.75, 3.05) is 13.2 Å². The Bertz CT molecular complexity index is 1610. The van der Waals surface area contributed by atoms with Gasteiger partial charge in [-0.15, -0.1) is 0 Å². The second kappa shape index (κ2) is 11.1. The van der Waals surface area contributed by atoms with Crippen LogP contribution in [0.3, 0.4) is 0 Å². The van der Waals surface area contributed by atoms with Gasteiger partial charge in [-0.25, -0.2) is 0 Å². The van der Waals surface area contributed by atoms with Crippen LogP contribution >= 0.6 is 0 Å². The van der Waals surface area contributed by atoms with Gasteiger partial charge in [0.1, 0.15) is 23.0 Å². The molecule has 4 aromatic carbocycles. The quantitative estimate of drug-likeness (QED) is 0.169. The van der Waals surface area contributed by atoms with Gasteiger partial charge in [0.2, 0.25) is 0 Å². The predicted molar refractivity (Wildman–Crippen MR) is 166 cm³/mol. The molecule has 2 saturated heterocycles. The number of epoxide rings is 2. The maximum Gasteiger partial charge on any atom is 0.341 e. The van der Waals surface area contributed by atoms with E-state index in [2.05, 4.69) is 116 Å².